The van der Waals surface area contributed by atoms with Crippen molar-refractivity contribution in [1.29, 1.82) is 0 Å². The van der Waals surface area contributed by atoms with E-state index in [1.165, 1.54) is 0 Å². The number of carbonyl (C=O) groups is 1. The van der Waals surface area contributed by atoms with Crippen LogP contribution < -0.4 is 0 Å². The number of ether oxygens (including phenoxy) is 1. The lowest BCUT2D eigenvalue weighted by Crippen LogP contribution is -2.49. The molecule has 1 amide bonds. The summed E-state index contributed by atoms with van der Waals surface area (Å²) in [5, 5.41) is 14.1. The molecule has 3 fully saturated rings. The summed E-state index contributed by atoms with van der Waals surface area (Å²) in [4.78, 5) is 18.5. The van der Waals surface area contributed by atoms with Gasteiger partial charge in [0.1, 0.15) is 6.10 Å². The number of hydrogen-bond acceptors (Lipinski definition) is 6. The van der Waals surface area contributed by atoms with Crippen molar-refractivity contribution >= 4 is 5.91 Å². The molecule has 7 nitrogen and oxygen atoms in total. The molecule has 1 aromatic heterocycles. The van der Waals surface area contributed by atoms with Crippen LogP contribution in [0.3, 0.4) is 0 Å². The predicted molar refractivity (Wildman–Crippen MR) is 79.4 cm³/mol. The summed E-state index contributed by atoms with van der Waals surface area (Å²) in [5.74, 6) is 1.64. The van der Waals surface area contributed by atoms with Crippen molar-refractivity contribution in [3.05, 3.63) is 11.7 Å². The highest BCUT2D eigenvalue weighted by Crippen LogP contribution is 2.41. The van der Waals surface area contributed by atoms with Crippen molar-refractivity contribution < 1.29 is 19.2 Å². The number of amides is 1. The van der Waals surface area contributed by atoms with Crippen LogP contribution in [-0.4, -0.2) is 50.8 Å². The summed E-state index contributed by atoms with van der Waals surface area (Å²) < 4.78 is 11.1. The van der Waals surface area contributed by atoms with Crippen LogP contribution in [0.25, 0.3) is 0 Å². The summed E-state index contributed by atoms with van der Waals surface area (Å²) in [5.41, 5.74) is -0.755. The van der Waals surface area contributed by atoms with Gasteiger partial charge in [-0.05, 0) is 38.0 Å². The number of aromatic nitrogens is 2. The fraction of sp³-hybridized carbons (Fsp3) is 0.812. The summed E-state index contributed by atoms with van der Waals surface area (Å²) in [6.07, 6.45) is 4.47. The SMILES string of the molecule is Cc1nc([C@H]2C[C@@H]3CCN(C(=O)CC4(O)CCC4)C[C@H]3O2)no1. The lowest BCUT2D eigenvalue weighted by molar-refractivity contribution is -0.144. The number of aliphatic hydroxyl groups is 1. The van der Waals surface area contributed by atoms with Gasteiger partial charge in [-0.3, -0.25) is 4.79 Å². The smallest absolute Gasteiger partial charge is 0.225 e. The molecule has 2 saturated heterocycles. The number of fused-ring (bicyclic) bond motifs is 1. The highest BCUT2D eigenvalue weighted by molar-refractivity contribution is 5.77. The summed E-state index contributed by atoms with van der Waals surface area (Å²) in [7, 11) is 0. The maximum absolute atomic E-state index is 12.4. The Bertz CT molecular complexity index is 598. The molecule has 3 atom stereocenters. The van der Waals surface area contributed by atoms with Gasteiger partial charge in [0, 0.05) is 20.0 Å². The maximum Gasteiger partial charge on any atom is 0.225 e. The summed E-state index contributed by atoms with van der Waals surface area (Å²) >= 11 is 0. The molecule has 0 radical (unpaired) electrons. The third kappa shape index (κ3) is 2.87. The van der Waals surface area contributed by atoms with E-state index in [9.17, 15) is 9.90 Å². The Kier molecular flexibility index (Phi) is 3.65. The molecular formula is C16H23N3O4. The van der Waals surface area contributed by atoms with Crippen LogP contribution in [0.4, 0.5) is 0 Å². The van der Waals surface area contributed by atoms with Crippen LogP contribution in [0.15, 0.2) is 4.52 Å². The topological polar surface area (TPSA) is 88.7 Å². The molecular weight excluding hydrogens is 298 g/mol. The van der Waals surface area contributed by atoms with Gasteiger partial charge in [-0.2, -0.15) is 4.98 Å². The Morgan fingerprint density at radius 3 is 2.96 bits per heavy atom. The van der Waals surface area contributed by atoms with E-state index in [1.54, 1.807) is 6.92 Å². The minimum atomic E-state index is -0.755. The van der Waals surface area contributed by atoms with E-state index in [4.69, 9.17) is 9.26 Å². The average Bonchev–Trinajstić information content (AvgIpc) is 3.10. The van der Waals surface area contributed by atoms with Gasteiger partial charge in [0.2, 0.25) is 17.6 Å². The highest BCUT2D eigenvalue weighted by atomic mass is 16.5. The Morgan fingerprint density at radius 2 is 2.30 bits per heavy atom. The van der Waals surface area contributed by atoms with Crippen molar-refractivity contribution in [2.45, 2.75) is 63.3 Å². The first kappa shape index (κ1) is 15.1. The van der Waals surface area contributed by atoms with Gasteiger partial charge in [-0.1, -0.05) is 5.16 Å². The molecule has 126 valence electrons. The van der Waals surface area contributed by atoms with Crippen LogP contribution in [-0.2, 0) is 9.53 Å². The van der Waals surface area contributed by atoms with Crippen molar-refractivity contribution in [2.24, 2.45) is 5.92 Å². The van der Waals surface area contributed by atoms with Crippen molar-refractivity contribution in [3.8, 4) is 0 Å². The van der Waals surface area contributed by atoms with E-state index in [2.05, 4.69) is 10.1 Å². The molecule has 23 heavy (non-hydrogen) atoms. The molecule has 2 aliphatic heterocycles. The van der Waals surface area contributed by atoms with E-state index in [0.717, 1.165) is 38.6 Å². The first-order valence-corrected chi connectivity index (χ1v) is 8.48. The Morgan fingerprint density at radius 1 is 1.48 bits per heavy atom. The van der Waals surface area contributed by atoms with Crippen LogP contribution in [0.2, 0.25) is 0 Å². The fourth-order valence-electron chi connectivity index (χ4n) is 3.92. The van der Waals surface area contributed by atoms with Crippen molar-refractivity contribution in [3.63, 3.8) is 0 Å². The van der Waals surface area contributed by atoms with Gasteiger partial charge in [-0.15, -0.1) is 0 Å². The zero-order valence-corrected chi connectivity index (χ0v) is 13.4. The first-order chi connectivity index (χ1) is 11.0. The second-order valence-electron chi connectivity index (χ2n) is 7.21. The van der Waals surface area contributed by atoms with Gasteiger partial charge in [0.25, 0.3) is 0 Å². The molecule has 0 unspecified atom stereocenters. The standard InChI is InChI=1S/C16H23N3O4/c1-10-17-15(18-23-10)12-7-11-3-6-19(9-13(11)22-12)14(20)8-16(21)4-2-5-16/h11-13,21H,2-9H2,1H3/t11-,12+,13+/m0/s1. The molecule has 1 aliphatic carbocycles. The lowest BCUT2D eigenvalue weighted by atomic mass is 9.77. The normalized spacial score (nSPS) is 32.4. The number of carbonyl (C=O) groups excluding carboxylic acids is 1. The van der Waals surface area contributed by atoms with Crippen molar-refractivity contribution in [2.75, 3.05) is 13.1 Å². The predicted octanol–water partition coefficient (Wildman–Crippen LogP) is 1.36. The Labute approximate surface area is 135 Å². The van der Waals surface area contributed by atoms with Crippen LogP contribution in [0.5, 0.6) is 0 Å². The molecule has 0 aromatic carbocycles. The van der Waals surface area contributed by atoms with Gasteiger partial charge < -0.3 is 19.3 Å². The largest absolute Gasteiger partial charge is 0.389 e. The summed E-state index contributed by atoms with van der Waals surface area (Å²) in [6, 6.07) is 0. The quantitative estimate of drug-likeness (QED) is 0.904. The van der Waals surface area contributed by atoms with Crippen molar-refractivity contribution in [1.82, 2.24) is 15.0 Å². The summed E-state index contributed by atoms with van der Waals surface area (Å²) in [6.45, 7) is 3.12. The van der Waals surface area contributed by atoms with Crippen LogP contribution in [0, 0.1) is 12.8 Å². The second-order valence-corrected chi connectivity index (χ2v) is 7.21. The minimum Gasteiger partial charge on any atom is -0.389 e. The molecule has 0 bridgehead atoms. The van der Waals surface area contributed by atoms with E-state index >= 15 is 0 Å². The Balaban J connectivity index is 1.36. The fourth-order valence-corrected chi connectivity index (χ4v) is 3.92. The second kappa shape index (κ2) is 5.56. The average molecular weight is 321 g/mol. The number of likely N-dealkylation sites (tertiary alicyclic amines) is 1. The molecule has 3 heterocycles. The third-order valence-electron chi connectivity index (χ3n) is 5.50. The molecule has 0 spiro atoms. The van der Waals surface area contributed by atoms with E-state index < -0.39 is 5.60 Å². The number of rotatable bonds is 3. The third-order valence-corrected chi connectivity index (χ3v) is 5.50. The number of piperidine rings is 1. The van der Waals surface area contributed by atoms with E-state index in [0.29, 0.717) is 24.2 Å². The van der Waals surface area contributed by atoms with Gasteiger partial charge >= 0.3 is 0 Å². The molecule has 1 N–H and O–H groups in total. The van der Waals surface area contributed by atoms with E-state index in [1.807, 2.05) is 4.90 Å². The lowest BCUT2D eigenvalue weighted by Gasteiger charge is -2.39. The number of nitrogens with zero attached hydrogens (tertiary/aromatic N) is 3. The number of aryl methyl sites for hydroxylation is 1. The van der Waals surface area contributed by atoms with Gasteiger partial charge in [0.15, 0.2) is 0 Å². The molecule has 4 rings (SSSR count). The van der Waals surface area contributed by atoms with Gasteiger partial charge in [0.05, 0.1) is 18.1 Å². The van der Waals surface area contributed by atoms with Gasteiger partial charge in [-0.25, -0.2) is 0 Å². The first-order valence-electron chi connectivity index (χ1n) is 8.48. The van der Waals surface area contributed by atoms with Crippen LogP contribution in [0.1, 0.15) is 56.3 Å². The van der Waals surface area contributed by atoms with E-state index in [-0.39, 0.29) is 24.5 Å². The highest BCUT2D eigenvalue weighted by Gasteiger charge is 2.44. The molecule has 7 heteroatoms. The maximum atomic E-state index is 12.4. The molecule has 3 aliphatic rings. The molecule has 1 aromatic rings. The number of hydrogen-bond donors (Lipinski definition) is 1. The zero-order chi connectivity index (χ0) is 16.0. The monoisotopic (exact) mass is 321 g/mol. The zero-order valence-electron chi connectivity index (χ0n) is 13.4. The minimum absolute atomic E-state index is 0.0348. The Hall–Kier alpha value is -1.47. The molecule has 1 saturated carbocycles. The van der Waals surface area contributed by atoms with Crippen LogP contribution >= 0.6 is 0 Å².